The minimum Gasteiger partial charge on any atom is -0.481 e. The average Bonchev–Trinajstić information content (AvgIpc) is 2.73. The monoisotopic (exact) mass is 387 g/mol. The number of urea groups is 1. The molecule has 3 rings (SSSR count). The number of rotatable bonds is 3. The van der Waals surface area contributed by atoms with Crippen LogP contribution in [0.4, 0.5) is 4.79 Å². The van der Waals surface area contributed by atoms with Crippen molar-refractivity contribution in [1.29, 1.82) is 0 Å². The number of carbonyl (C=O) groups is 3. The summed E-state index contributed by atoms with van der Waals surface area (Å²) in [4.78, 5) is 42.2. The van der Waals surface area contributed by atoms with Gasteiger partial charge in [-0.3, -0.25) is 9.59 Å². The van der Waals surface area contributed by atoms with Gasteiger partial charge in [0, 0.05) is 46.2 Å². The molecule has 152 valence electrons. The summed E-state index contributed by atoms with van der Waals surface area (Å²) in [5.41, 5.74) is -0.107. The van der Waals surface area contributed by atoms with E-state index >= 15 is 0 Å². The van der Waals surface area contributed by atoms with Crippen molar-refractivity contribution in [2.45, 2.75) is 31.1 Å². The number of amides is 3. The Morgan fingerprint density at radius 1 is 0.964 bits per heavy atom. The second-order valence-electron chi connectivity index (χ2n) is 8.02. The van der Waals surface area contributed by atoms with Crippen molar-refractivity contribution in [3.63, 3.8) is 0 Å². The van der Waals surface area contributed by atoms with Crippen molar-refractivity contribution in [2.24, 2.45) is 5.92 Å². The van der Waals surface area contributed by atoms with Gasteiger partial charge in [0.25, 0.3) is 0 Å². The molecule has 1 aromatic rings. The highest BCUT2D eigenvalue weighted by Gasteiger charge is 2.44. The number of carboxylic acid groups (broad SMARTS) is 1. The molecule has 2 heterocycles. The van der Waals surface area contributed by atoms with E-state index in [4.69, 9.17) is 0 Å². The molecule has 2 aliphatic rings. The van der Waals surface area contributed by atoms with Gasteiger partial charge in [-0.15, -0.1) is 0 Å². The van der Waals surface area contributed by atoms with Crippen molar-refractivity contribution in [2.75, 3.05) is 40.3 Å². The maximum atomic E-state index is 12.9. The minimum absolute atomic E-state index is 0.0158. The van der Waals surface area contributed by atoms with Gasteiger partial charge in [0.05, 0.1) is 5.41 Å². The predicted octanol–water partition coefficient (Wildman–Crippen LogP) is 2.03. The standard InChI is InChI=1S/C21H29N3O4/c1-22(2)20(28)24-12-8-16(9-13-24)18(25)23-14-10-21(11-15-23,19(26)27)17-6-4-3-5-7-17/h3-7,16H,8-15H2,1-2H3,(H,26,27). The smallest absolute Gasteiger partial charge is 0.319 e. The third kappa shape index (κ3) is 3.84. The molecule has 0 aliphatic carbocycles. The van der Waals surface area contributed by atoms with Crippen molar-refractivity contribution >= 4 is 17.9 Å². The molecule has 0 unspecified atom stereocenters. The van der Waals surface area contributed by atoms with Crippen molar-refractivity contribution in [3.8, 4) is 0 Å². The van der Waals surface area contributed by atoms with Gasteiger partial charge in [0.15, 0.2) is 0 Å². The fraction of sp³-hybridized carbons (Fsp3) is 0.571. The summed E-state index contributed by atoms with van der Waals surface area (Å²) in [6, 6.07) is 9.32. The number of carbonyl (C=O) groups excluding carboxylic acids is 2. The summed E-state index contributed by atoms with van der Waals surface area (Å²) in [5, 5.41) is 9.90. The summed E-state index contributed by atoms with van der Waals surface area (Å²) in [7, 11) is 3.46. The quantitative estimate of drug-likeness (QED) is 0.860. The molecule has 2 fully saturated rings. The summed E-state index contributed by atoms with van der Waals surface area (Å²) in [6.07, 6.45) is 2.18. The van der Waals surface area contributed by atoms with E-state index < -0.39 is 11.4 Å². The van der Waals surface area contributed by atoms with E-state index in [1.165, 1.54) is 0 Å². The number of likely N-dealkylation sites (tertiary alicyclic amines) is 2. The Bertz CT molecular complexity index is 718. The lowest BCUT2D eigenvalue weighted by Gasteiger charge is -2.41. The summed E-state index contributed by atoms with van der Waals surface area (Å²) in [5.74, 6) is -0.800. The normalized spacial score (nSPS) is 19.9. The lowest BCUT2D eigenvalue weighted by Crippen LogP contribution is -2.52. The first kappa shape index (κ1) is 20.2. The van der Waals surface area contributed by atoms with Crippen LogP contribution in [0.1, 0.15) is 31.2 Å². The first-order valence-electron chi connectivity index (χ1n) is 9.89. The molecule has 28 heavy (non-hydrogen) atoms. The van der Waals surface area contributed by atoms with Crippen molar-refractivity contribution in [1.82, 2.24) is 14.7 Å². The summed E-state index contributed by atoms with van der Waals surface area (Å²) in [6.45, 7) is 2.09. The molecule has 0 aromatic heterocycles. The van der Waals surface area contributed by atoms with E-state index in [2.05, 4.69) is 0 Å². The molecule has 0 bridgehead atoms. The van der Waals surface area contributed by atoms with E-state index in [0.717, 1.165) is 5.56 Å². The Morgan fingerprint density at radius 2 is 1.54 bits per heavy atom. The molecular formula is C21H29N3O4. The molecular weight excluding hydrogens is 358 g/mol. The van der Waals surface area contributed by atoms with Crippen LogP contribution in [0.25, 0.3) is 0 Å². The van der Waals surface area contributed by atoms with Crippen LogP contribution < -0.4 is 0 Å². The molecule has 0 spiro atoms. The molecule has 7 nitrogen and oxygen atoms in total. The zero-order valence-corrected chi connectivity index (χ0v) is 16.6. The maximum Gasteiger partial charge on any atom is 0.319 e. The average molecular weight is 387 g/mol. The van der Waals surface area contributed by atoms with E-state index in [1.807, 2.05) is 35.2 Å². The first-order chi connectivity index (χ1) is 13.3. The van der Waals surface area contributed by atoms with Crippen LogP contribution in [-0.4, -0.2) is 78.0 Å². The Kier molecular flexibility index (Phi) is 5.91. The van der Waals surface area contributed by atoms with Crippen LogP contribution in [0.2, 0.25) is 0 Å². The van der Waals surface area contributed by atoms with Gasteiger partial charge in [-0.05, 0) is 31.2 Å². The van der Waals surface area contributed by atoms with Gasteiger partial charge in [-0.2, -0.15) is 0 Å². The Labute approximate surface area is 165 Å². The predicted molar refractivity (Wildman–Crippen MR) is 105 cm³/mol. The van der Waals surface area contributed by atoms with Crippen molar-refractivity contribution < 1.29 is 19.5 Å². The van der Waals surface area contributed by atoms with Crippen LogP contribution >= 0.6 is 0 Å². The first-order valence-corrected chi connectivity index (χ1v) is 9.89. The lowest BCUT2D eigenvalue weighted by atomic mass is 9.72. The molecule has 2 saturated heterocycles. The number of benzene rings is 1. The van der Waals surface area contributed by atoms with E-state index in [-0.39, 0.29) is 17.9 Å². The van der Waals surface area contributed by atoms with E-state index in [0.29, 0.717) is 51.9 Å². The number of aliphatic carboxylic acids is 1. The second-order valence-corrected chi connectivity index (χ2v) is 8.02. The molecule has 1 N–H and O–H groups in total. The van der Waals surface area contributed by atoms with Gasteiger partial charge in [-0.1, -0.05) is 30.3 Å². The fourth-order valence-electron chi connectivity index (χ4n) is 4.35. The van der Waals surface area contributed by atoms with Crippen LogP contribution in [-0.2, 0) is 15.0 Å². The third-order valence-electron chi connectivity index (χ3n) is 6.16. The van der Waals surface area contributed by atoms with E-state index in [9.17, 15) is 19.5 Å². The number of carboxylic acids is 1. The largest absolute Gasteiger partial charge is 0.481 e. The van der Waals surface area contributed by atoms with Crippen LogP contribution in [0.15, 0.2) is 30.3 Å². The number of hydrogen-bond acceptors (Lipinski definition) is 3. The van der Waals surface area contributed by atoms with Gasteiger partial charge in [0.2, 0.25) is 5.91 Å². The minimum atomic E-state index is -0.917. The van der Waals surface area contributed by atoms with Gasteiger partial charge < -0.3 is 19.8 Å². The zero-order valence-electron chi connectivity index (χ0n) is 16.6. The van der Waals surface area contributed by atoms with Crippen LogP contribution in [0.5, 0.6) is 0 Å². The zero-order chi connectivity index (χ0) is 20.3. The number of nitrogens with zero attached hydrogens (tertiary/aromatic N) is 3. The Balaban J connectivity index is 1.60. The number of piperidine rings is 2. The number of hydrogen-bond donors (Lipinski definition) is 1. The topological polar surface area (TPSA) is 81.2 Å². The molecule has 0 atom stereocenters. The van der Waals surface area contributed by atoms with E-state index in [1.54, 1.807) is 23.9 Å². The molecule has 2 aliphatic heterocycles. The highest BCUT2D eigenvalue weighted by atomic mass is 16.4. The highest BCUT2D eigenvalue weighted by Crippen LogP contribution is 2.36. The third-order valence-corrected chi connectivity index (χ3v) is 6.16. The van der Waals surface area contributed by atoms with Gasteiger partial charge in [-0.25, -0.2) is 4.79 Å². The Hall–Kier alpha value is -2.57. The summed E-state index contributed by atoms with van der Waals surface area (Å²) >= 11 is 0. The highest BCUT2D eigenvalue weighted by molar-refractivity contribution is 5.83. The molecule has 7 heteroatoms. The Morgan fingerprint density at radius 3 is 2.04 bits per heavy atom. The fourth-order valence-corrected chi connectivity index (χ4v) is 4.35. The van der Waals surface area contributed by atoms with Gasteiger partial charge in [0.1, 0.15) is 0 Å². The van der Waals surface area contributed by atoms with Gasteiger partial charge >= 0.3 is 12.0 Å². The van der Waals surface area contributed by atoms with Crippen molar-refractivity contribution in [3.05, 3.63) is 35.9 Å². The molecule has 0 radical (unpaired) electrons. The molecule has 0 saturated carbocycles. The second kappa shape index (κ2) is 8.20. The molecule has 3 amide bonds. The SMILES string of the molecule is CN(C)C(=O)N1CCC(C(=O)N2CCC(C(=O)O)(c3ccccc3)CC2)CC1. The maximum absolute atomic E-state index is 12.9. The van der Waals surface area contributed by atoms with Crippen LogP contribution in [0, 0.1) is 5.92 Å². The summed E-state index contributed by atoms with van der Waals surface area (Å²) < 4.78 is 0. The lowest BCUT2D eigenvalue weighted by molar-refractivity contribution is -0.149. The van der Waals surface area contributed by atoms with Crippen LogP contribution in [0.3, 0.4) is 0 Å². The molecule has 1 aromatic carbocycles.